The first-order valence-electron chi connectivity index (χ1n) is 9.54. The van der Waals surface area contributed by atoms with Gasteiger partial charge in [0.25, 0.3) is 0 Å². The van der Waals surface area contributed by atoms with E-state index in [1.54, 1.807) is 0 Å². The maximum Gasteiger partial charge on any atom is 0.347 e. The van der Waals surface area contributed by atoms with Crippen LogP contribution in [0.1, 0.15) is 12.0 Å². The van der Waals surface area contributed by atoms with Crippen molar-refractivity contribution in [2.75, 3.05) is 31.1 Å². The minimum absolute atomic E-state index is 0.364. The fourth-order valence-electron chi connectivity index (χ4n) is 3.63. The van der Waals surface area contributed by atoms with Gasteiger partial charge in [-0.25, -0.2) is 9.78 Å². The van der Waals surface area contributed by atoms with Crippen molar-refractivity contribution in [3.63, 3.8) is 0 Å². The monoisotopic (exact) mass is 375 g/mol. The Labute approximate surface area is 161 Å². The standard InChI is InChI=1S/C21H21N5O2/c1-14-5-9-26-13-17(23-19(26)11-14)16-12-15-3-4-18(24-20(15)28-21(16)27)25-8-2-6-22-7-10-25/h3-5,9,11-13,22H,2,6-8,10H2,1H3. The predicted octanol–water partition coefficient (Wildman–Crippen LogP) is 2.61. The van der Waals surface area contributed by atoms with Crippen LogP contribution in [-0.2, 0) is 0 Å². The molecule has 1 aliphatic rings. The number of nitrogens with zero attached hydrogens (tertiary/aromatic N) is 4. The van der Waals surface area contributed by atoms with Gasteiger partial charge in [-0.15, -0.1) is 0 Å². The van der Waals surface area contributed by atoms with Crippen LogP contribution in [0.3, 0.4) is 0 Å². The number of nitrogens with one attached hydrogen (secondary N) is 1. The van der Waals surface area contributed by atoms with E-state index in [9.17, 15) is 4.79 Å². The second kappa shape index (κ2) is 6.76. The summed E-state index contributed by atoms with van der Waals surface area (Å²) in [6.45, 7) is 5.79. The van der Waals surface area contributed by atoms with E-state index in [1.165, 1.54) is 0 Å². The quantitative estimate of drug-likeness (QED) is 0.580. The van der Waals surface area contributed by atoms with E-state index in [0.717, 1.165) is 55.0 Å². The minimum atomic E-state index is -0.421. The number of aromatic nitrogens is 3. The van der Waals surface area contributed by atoms with Crippen molar-refractivity contribution in [1.82, 2.24) is 19.7 Å². The zero-order valence-corrected chi connectivity index (χ0v) is 15.7. The Kier molecular flexibility index (Phi) is 4.09. The Balaban J connectivity index is 1.56. The van der Waals surface area contributed by atoms with Gasteiger partial charge >= 0.3 is 5.63 Å². The van der Waals surface area contributed by atoms with Crippen LogP contribution in [-0.4, -0.2) is 40.5 Å². The fourth-order valence-corrected chi connectivity index (χ4v) is 3.63. The summed E-state index contributed by atoms with van der Waals surface area (Å²) in [5.74, 6) is 0.843. The summed E-state index contributed by atoms with van der Waals surface area (Å²) < 4.78 is 7.47. The van der Waals surface area contributed by atoms with Gasteiger partial charge in [0.15, 0.2) is 0 Å². The van der Waals surface area contributed by atoms with Crippen LogP contribution in [0.4, 0.5) is 5.82 Å². The first kappa shape index (κ1) is 16.9. The maximum atomic E-state index is 12.6. The van der Waals surface area contributed by atoms with Crippen molar-refractivity contribution in [3.8, 4) is 11.3 Å². The molecule has 1 fully saturated rings. The first-order valence-corrected chi connectivity index (χ1v) is 9.54. The van der Waals surface area contributed by atoms with Crippen molar-refractivity contribution < 1.29 is 4.42 Å². The third-order valence-electron chi connectivity index (χ3n) is 5.14. The van der Waals surface area contributed by atoms with E-state index in [-0.39, 0.29) is 0 Å². The van der Waals surface area contributed by atoms with Crippen LogP contribution < -0.4 is 15.8 Å². The van der Waals surface area contributed by atoms with Crippen molar-refractivity contribution in [2.24, 2.45) is 0 Å². The molecule has 5 rings (SSSR count). The third-order valence-corrected chi connectivity index (χ3v) is 5.14. The van der Waals surface area contributed by atoms with Crippen molar-refractivity contribution >= 4 is 22.6 Å². The van der Waals surface area contributed by atoms with Crippen LogP contribution in [0.15, 0.2) is 51.9 Å². The number of rotatable bonds is 2. The average molecular weight is 375 g/mol. The molecule has 0 atom stereocenters. The van der Waals surface area contributed by atoms with Gasteiger partial charge in [0.1, 0.15) is 11.5 Å². The van der Waals surface area contributed by atoms with Crippen LogP contribution in [0.5, 0.6) is 0 Å². The van der Waals surface area contributed by atoms with Gasteiger partial charge in [-0.2, -0.15) is 4.98 Å². The zero-order valence-electron chi connectivity index (χ0n) is 15.7. The second-order valence-electron chi connectivity index (χ2n) is 7.20. The largest absolute Gasteiger partial charge is 0.403 e. The molecule has 0 unspecified atom stereocenters. The molecular weight excluding hydrogens is 354 g/mol. The SMILES string of the molecule is Cc1ccn2cc(-c3cc4ccc(N5CCCNCC5)nc4oc3=O)nc2c1. The Bertz CT molecular complexity index is 1220. The van der Waals surface area contributed by atoms with E-state index in [0.29, 0.717) is 17.0 Å². The zero-order chi connectivity index (χ0) is 19.1. The van der Waals surface area contributed by atoms with Gasteiger partial charge < -0.3 is 19.0 Å². The number of hydrogen-bond acceptors (Lipinski definition) is 6. The smallest absolute Gasteiger partial charge is 0.347 e. The lowest BCUT2D eigenvalue weighted by Crippen LogP contribution is -2.28. The normalized spacial score (nSPS) is 15.2. The summed E-state index contributed by atoms with van der Waals surface area (Å²) in [5, 5.41) is 4.17. The summed E-state index contributed by atoms with van der Waals surface area (Å²) in [6.07, 6.45) is 4.85. The lowest BCUT2D eigenvalue weighted by atomic mass is 10.2. The molecule has 0 aromatic carbocycles. The van der Waals surface area contributed by atoms with Crippen LogP contribution in [0.2, 0.25) is 0 Å². The molecular formula is C21H21N5O2. The Morgan fingerprint density at radius 3 is 2.96 bits per heavy atom. The average Bonchev–Trinajstić information content (AvgIpc) is 2.91. The molecule has 0 bridgehead atoms. The van der Waals surface area contributed by atoms with Gasteiger partial charge in [0.05, 0.1) is 11.3 Å². The number of fused-ring (bicyclic) bond motifs is 2. The molecule has 0 saturated carbocycles. The second-order valence-corrected chi connectivity index (χ2v) is 7.20. The molecule has 5 heterocycles. The van der Waals surface area contributed by atoms with Crippen molar-refractivity contribution in [2.45, 2.75) is 13.3 Å². The highest BCUT2D eigenvalue weighted by atomic mass is 16.4. The molecule has 1 saturated heterocycles. The summed E-state index contributed by atoms with van der Waals surface area (Å²) in [4.78, 5) is 24.0. The van der Waals surface area contributed by atoms with Crippen LogP contribution in [0, 0.1) is 6.92 Å². The highest BCUT2D eigenvalue weighted by Crippen LogP contribution is 2.23. The van der Waals surface area contributed by atoms with Gasteiger partial charge in [-0.05, 0) is 55.8 Å². The molecule has 4 aromatic rings. The number of imidazole rings is 1. The molecule has 28 heavy (non-hydrogen) atoms. The Morgan fingerprint density at radius 1 is 1.11 bits per heavy atom. The molecule has 7 nitrogen and oxygen atoms in total. The molecule has 0 aliphatic carbocycles. The predicted molar refractivity (Wildman–Crippen MR) is 109 cm³/mol. The summed E-state index contributed by atoms with van der Waals surface area (Å²) in [6, 6.07) is 9.75. The summed E-state index contributed by atoms with van der Waals surface area (Å²) in [5.41, 5.74) is 2.91. The Hall–Kier alpha value is -3.19. The third kappa shape index (κ3) is 3.03. The molecule has 0 amide bonds. The fraction of sp³-hybridized carbons (Fsp3) is 0.286. The van der Waals surface area contributed by atoms with Crippen molar-refractivity contribution in [1.29, 1.82) is 0 Å². The van der Waals surface area contributed by atoms with Crippen molar-refractivity contribution in [3.05, 3.63) is 58.7 Å². The summed E-state index contributed by atoms with van der Waals surface area (Å²) in [7, 11) is 0. The van der Waals surface area contributed by atoms with Gasteiger partial charge in [-0.1, -0.05) is 0 Å². The maximum absolute atomic E-state index is 12.6. The van der Waals surface area contributed by atoms with Gasteiger partial charge in [0.2, 0.25) is 5.71 Å². The minimum Gasteiger partial charge on any atom is -0.403 e. The number of hydrogen-bond donors (Lipinski definition) is 1. The number of pyridine rings is 2. The van der Waals surface area contributed by atoms with E-state index < -0.39 is 5.63 Å². The van der Waals surface area contributed by atoms with Crippen LogP contribution >= 0.6 is 0 Å². The highest BCUT2D eigenvalue weighted by Gasteiger charge is 2.15. The number of anilines is 1. The summed E-state index contributed by atoms with van der Waals surface area (Å²) >= 11 is 0. The molecule has 1 N–H and O–H groups in total. The highest BCUT2D eigenvalue weighted by molar-refractivity contribution is 5.80. The molecule has 1 aliphatic heterocycles. The van der Waals surface area contributed by atoms with E-state index in [1.807, 2.05) is 54.0 Å². The molecule has 0 radical (unpaired) electrons. The molecule has 7 heteroatoms. The number of aryl methyl sites for hydroxylation is 1. The molecule has 142 valence electrons. The molecule has 4 aromatic heterocycles. The lowest BCUT2D eigenvalue weighted by Gasteiger charge is -2.20. The lowest BCUT2D eigenvalue weighted by molar-refractivity contribution is 0.551. The van der Waals surface area contributed by atoms with E-state index >= 15 is 0 Å². The van der Waals surface area contributed by atoms with E-state index in [2.05, 4.69) is 20.2 Å². The Morgan fingerprint density at radius 2 is 2.04 bits per heavy atom. The molecule has 0 spiro atoms. The van der Waals surface area contributed by atoms with E-state index in [4.69, 9.17) is 4.42 Å². The van der Waals surface area contributed by atoms with Crippen LogP contribution in [0.25, 0.3) is 28.0 Å². The van der Waals surface area contributed by atoms with Gasteiger partial charge in [0, 0.05) is 37.4 Å². The van der Waals surface area contributed by atoms with Gasteiger partial charge in [-0.3, -0.25) is 0 Å². The topological polar surface area (TPSA) is 75.7 Å². The first-order chi connectivity index (χ1) is 13.7.